The van der Waals surface area contributed by atoms with Crippen LogP contribution in [0.25, 0.3) is 0 Å². The molecule has 2 N–H and O–H groups in total. The first-order valence-corrected chi connectivity index (χ1v) is 8.81. The van der Waals surface area contributed by atoms with Crippen molar-refractivity contribution in [2.24, 2.45) is 5.92 Å². The Labute approximate surface area is 152 Å². The van der Waals surface area contributed by atoms with Crippen LogP contribution in [0.2, 0.25) is 0 Å². The highest BCUT2D eigenvalue weighted by Crippen LogP contribution is 2.22. The number of anilines is 1. The zero-order valence-corrected chi connectivity index (χ0v) is 15.0. The van der Waals surface area contributed by atoms with E-state index < -0.39 is 5.91 Å². The van der Waals surface area contributed by atoms with Gasteiger partial charge in [-0.25, -0.2) is 4.98 Å². The van der Waals surface area contributed by atoms with Gasteiger partial charge >= 0.3 is 0 Å². The molecule has 1 fully saturated rings. The molecule has 2 heterocycles. The van der Waals surface area contributed by atoms with E-state index in [-0.39, 0.29) is 17.4 Å². The largest absolute Gasteiger partial charge is 0.505 e. The molecule has 1 aromatic carbocycles. The number of nitrogens with zero attached hydrogens (tertiary/aromatic N) is 2. The maximum atomic E-state index is 12.7. The number of piperidine rings is 1. The zero-order valence-electron chi connectivity index (χ0n) is 15.0. The van der Waals surface area contributed by atoms with Crippen LogP contribution in [0.1, 0.15) is 46.2 Å². The summed E-state index contributed by atoms with van der Waals surface area (Å²) in [4.78, 5) is 30.8. The number of nitrogens with one attached hydrogen (secondary N) is 1. The molecular weight excluding hydrogens is 330 g/mol. The van der Waals surface area contributed by atoms with E-state index in [4.69, 9.17) is 0 Å². The second-order valence-corrected chi connectivity index (χ2v) is 6.85. The topological polar surface area (TPSA) is 82.5 Å². The summed E-state index contributed by atoms with van der Waals surface area (Å²) in [5, 5.41) is 12.5. The van der Waals surface area contributed by atoms with Crippen molar-refractivity contribution < 1.29 is 14.7 Å². The number of aromatic hydroxyl groups is 1. The minimum Gasteiger partial charge on any atom is -0.505 e. The number of likely N-dealkylation sites (tertiary alicyclic amines) is 1. The lowest BCUT2D eigenvalue weighted by Crippen LogP contribution is -2.39. The molecule has 2 aromatic rings. The number of carbonyl (C=O) groups is 2. The van der Waals surface area contributed by atoms with Gasteiger partial charge in [-0.2, -0.15) is 0 Å². The number of benzene rings is 1. The molecule has 0 saturated carbocycles. The molecule has 0 spiro atoms. The minimum absolute atomic E-state index is 0.0277. The molecule has 1 aliphatic heterocycles. The van der Waals surface area contributed by atoms with Crippen molar-refractivity contribution in [2.45, 2.75) is 26.7 Å². The van der Waals surface area contributed by atoms with Crippen molar-refractivity contribution in [3.63, 3.8) is 0 Å². The molecule has 1 atom stereocenters. The van der Waals surface area contributed by atoms with Crippen molar-refractivity contribution in [2.75, 3.05) is 18.4 Å². The highest BCUT2D eigenvalue weighted by atomic mass is 16.3. The lowest BCUT2D eigenvalue weighted by molar-refractivity contribution is 0.0683. The molecule has 1 aliphatic rings. The predicted octanol–water partition coefficient (Wildman–Crippen LogP) is 3.22. The molecule has 0 radical (unpaired) electrons. The first kappa shape index (κ1) is 17.9. The lowest BCUT2D eigenvalue weighted by atomic mass is 9.99. The van der Waals surface area contributed by atoms with E-state index in [1.807, 2.05) is 11.8 Å². The minimum atomic E-state index is -0.491. The Morgan fingerprint density at radius 1 is 1.31 bits per heavy atom. The Bertz CT molecular complexity index is 835. The van der Waals surface area contributed by atoms with Crippen LogP contribution < -0.4 is 5.32 Å². The standard InChI is InChI=1S/C20H23N3O3/c1-13-5-4-10-23(12-13)20(26)15-7-8-16(14(2)11-15)22-19(25)18-17(24)6-3-9-21-18/h3,6-9,11,13,24H,4-5,10,12H2,1-2H3,(H,22,25). The maximum absolute atomic E-state index is 12.7. The first-order valence-electron chi connectivity index (χ1n) is 8.81. The van der Waals surface area contributed by atoms with E-state index in [0.717, 1.165) is 31.5 Å². The molecular formula is C20H23N3O3. The first-order chi connectivity index (χ1) is 12.5. The third kappa shape index (κ3) is 3.85. The number of hydrogen-bond acceptors (Lipinski definition) is 4. The predicted molar refractivity (Wildman–Crippen MR) is 99.3 cm³/mol. The number of aryl methyl sites for hydroxylation is 1. The average Bonchev–Trinajstić information content (AvgIpc) is 2.63. The van der Waals surface area contributed by atoms with Crippen molar-refractivity contribution >= 4 is 17.5 Å². The molecule has 6 heteroatoms. The van der Waals surface area contributed by atoms with Gasteiger partial charge in [0.2, 0.25) is 0 Å². The normalized spacial score (nSPS) is 17.0. The van der Waals surface area contributed by atoms with E-state index in [2.05, 4.69) is 17.2 Å². The SMILES string of the molecule is Cc1cc(C(=O)N2CCCC(C)C2)ccc1NC(=O)c1ncccc1O. The van der Waals surface area contributed by atoms with Gasteiger partial charge in [-0.15, -0.1) is 0 Å². The van der Waals surface area contributed by atoms with E-state index in [0.29, 0.717) is 17.2 Å². The molecule has 0 bridgehead atoms. The van der Waals surface area contributed by atoms with Crippen LogP contribution in [0.4, 0.5) is 5.69 Å². The van der Waals surface area contributed by atoms with Crippen LogP contribution in [-0.2, 0) is 0 Å². The summed E-state index contributed by atoms with van der Waals surface area (Å²) in [6, 6.07) is 8.20. The number of hydrogen-bond donors (Lipinski definition) is 2. The summed E-state index contributed by atoms with van der Waals surface area (Å²) in [5.41, 5.74) is 1.96. The third-order valence-corrected chi connectivity index (χ3v) is 4.67. The molecule has 3 rings (SSSR count). The summed E-state index contributed by atoms with van der Waals surface area (Å²) in [7, 11) is 0. The molecule has 1 aromatic heterocycles. The van der Waals surface area contributed by atoms with Gasteiger partial charge < -0.3 is 15.3 Å². The monoisotopic (exact) mass is 353 g/mol. The van der Waals surface area contributed by atoms with Gasteiger partial charge in [0.25, 0.3) is 11.8 Å². The molecule has 6 nitrogen and oxygen atoms in total. The quantitative estimate of drug-likeness (QED) is 0.887. The van der Waals surface area contributed by atoms with E-state index >= 15 is 0 Å². The molecule has 136 valence electrons. The van der Waals surface area contributed by atoms with Crippen molar-refractivity contribution in [1.82, 2.24) is 9.88 Å². The number of aromatic nitrogens is 1. The van der Waals surface area contributed by atoms with Crippen LogP contribution in [0.3, 0.4) is 0 Å². The molecule has 0 aliphatic carbocycles. The second-order valence-electron chi connectivity index (χ2n) is 6.85. The summed E-state index contributed by atoms with van der Waals surface area (Å²) >= 11 is 0. The van der Waals surface area contributed by atoms with Crippen LogP contribution in [0.5, 0.6) is 5.75 Å². The van der Waals surface area contributed by atoms with E-state index in [1.165, 1.54) is 12.3 Å². The fourth-order valence-corrected chi connectivity index (χ4v) is 3.25. The number of amides is 2. The lowest BCUT2D eigenvalue weighted by Gasteiger charge is -2.31. The summed E-state index contributed by atoms with van der Waals surface area (Å²) in [6.07, 6.45) is 3.64. The van der Waals surface area contributed by atoms with Gasteiger partial charge in [-0.3, -0.25) is 9.59 Å². The number of rotatable bonds is 3. The summed E-state index contributed by atoms with van der Waals surface area (Å²) in [5.74, 6) is -0.109. The van der Waals surface area contributed by atoms with Gasteiger partial charge in [0.1, 0.15) is 5.75 Å². The molecule has 26 heavy (non-hydrogen) atoms. The molecule has 2 amide bonds. The number of carbonyl (C=O) groups excluding carboxylic acids is 2. The van der Waals surface area contributed by atoms with Crippen LogP contribution >= 0.6 is 0 Å². The van der Waals surface area contributed by atoms with Crippen molar-refractivity contribution in [3.05, 3.63) is 53.3 Å². The van der Waals surface area contributed by atoms with Gasteiger partial charge in [0, 0.05) is 30.5 Å². The zero-order chi connectivity index (χ0) is 18.7. The van der Waals surface area contributed by atoms with Crippen molar-refractivity contribution in [1.29, 1.82) is 0 Å². The Kier molecular flexibility index (Phi) is 5.21. The summed E-state index contributed by atoms with van der Waals surface area (Å²) in [6.45, 7) is 5.58. The van der Waals surface area contributed by atoms with Crippen molar-refractivity contribution in [3.8, 4) is 5.75 Å². The maximum Gasteiger partial charge on any atom is 0.278 e. The van der Waals surface area contributed by atoms with E-state index in [1.54, 1.807) is 24.3 Å². The highest BCUT2D eigenvalue weighted by molar-refractivity contribution is 6.05. The Morgan fingerprint density at radius 2 is 2.12 bits per heavy atom. The summed E-state index contributed by atoms with van der Waals surface area (Å²) < 4.78 is 0. The van der Waals surface area contributed by atoms with Gasteiger partial charge in [0.15, 0.2) is 5.69 Å². The van der Waals surface area contributed by atoms with E-state index in [9.17, 15) is 14.7 Å². The van der Waals surface area contributed by atoms with Gasteiger partial charge in [-0.1, -0.05) is 6.92 Å². The van der Waals surface area contributed by atoms with Crippen LogP contribution in [0.15, 0.2) is 36.5 Å². The Balaban J connectivity index is 1.74. The van der Waals surface area contributed by atoms with Gasteiger partial charge in [0.05, 0.1) is 0 Å². The fourth-order valence-electron chi connectivity index (χ4n) is 3.25. The highest BCUT2D eigenvalue weighted by Gasteiger charge is 2.22. The Morgan fingerprint density at radius 3 is 2.81 bits per heavy atom. The van der Waals surface area contributed by atoms with Crippen LogP contribution in [0, 0.1) is 12.8 Å². The molecule has 1 saturated heterocycles. The van der Waals surface area contributed by atoms with Gasteiger partial charge in [-0.05, 0) is 61.6 Å². The fraction of sp³-hybridized carbons (Fsp3) is 0.350. The smallest absolute Gasteiger partial charge is 0.278 e. The van der Waals surface area contributed by atoms with Crippen LogP contribution in [-0.4, -0.2) is 39.9 Å². The average molecular weight is 353 g/mol. The third-order valence-electron chi connectivity index (χ3n) is 4.67. The molecule has 1 unspecified atom stereocenters. The number of pyridine rings is 1. The second kappa shape index (κ2) is 7.56. The Hall–Kier alpha value is -2.89.